The SMILES string of the molecule is CC(C)(C)OC(=O)CC(N)c1cncnc1. The summed E-state index contributed by atoms with van der Waals surface area (Å²) in [5, 5.41) is 0. The Morgan fingerprint density at radius 1 is 1.44 bits per heavy atom. The van der Waals surface area contributed by atoms with Gasteiger partial charge in [0.2, 0.25) is 0 Å². The molecule has 1 atom stereocenters. The lowest BCUT2D eigenvalue weighted by molar-refractivity contribution is -0.155. The molecule has 0 aliphatic carbocycles. The summed E-state index contributed by atoms with van der Waals surface area (Å²) in [4.78, 5) is 19.2. The number of hydrogen-bond donors (Lipinski definition) is 1. The summed E-state index contributed by atoms with van der Waals surface area (Å²) in [6.45, 7) is 5.46. The van der Waals surface area contributed by atoms with Crippen LogP contribution in [0.1, 0.15) is 38.8 Å². The van der Waals surface area contributed by atoms with Gasteiger partial charge in [-0.2, -0.15) is 0 Å². The van der Waals surface area contributed by atoms with Gasteiger partial charge in [-0.25, -0.2) is 9.97 Å². The zero-order valence-corrected chi connectivity index (χ0v) is 9.80. The van der Waals surface area contributed by atoms with Crippen molar-refractivity contribution in [3.63, 3.8) is 0 Å². The van der Waals surface area contributed by atoms with Crippen molar-refractivity contribution in [2.75, 3.05) is 0 Å². The van der Waals surface area contributed by atoms with Gasteiger partial charge in [-0.05, 0) is 20.8 Å². The molecule has 16 heavy (non-hydrogen) atoms. The molecule has 0 aromatic carbocycles. The monoisotopic (exact) mass is 223 g/mol. The van der Waals surface area contributed by atoms with Gasteiger partial charge in [0.25, 0.3) is 0 Å². The van der Waals surface area contributed by atoms with Crippen molar-refractivity contribution in [3.05, 3.63) is 24.3 Å². The number of ether oxygens (including phenoxy) is 1. The van der Waals surface area contributed by atoms with E-state index >= 15 is 0 Å². The molecule has 0 amide bonds. The van der Waals surface area contributed by atoms with Crippen LogP contribution >= 0.6 is 0 Å². The van der Waals surface area contributed by atoms with Gasteiger partial charge in [-0.1, -0.05) is 0 Å². The first-order chi connectivity index (χ1) is 7.38. The highest BCUT2D eigenvalue weighted by Crippen LogP contribution is 2.15. The molecule has 1 aromatic heterocycles. The van der Waals surface area contributed by atoms with Crippen LogP contribution in [0.25, 0.3) is 0 Å². The third kappa shape index (κ3) is 4.35. The average Bonchev–Trinajstić information content (AvgIpc) is 2.16. The van der Waals surface area contributed by atoms with Crippen molar-refractivity contribution < 1.29 is 9.53 Å². The lowest BCUT2D eigenvalue weighted by Crippen LogP contribution is -2.26. The molecular weight excluding hydrogens is 206 g/mol. The standard InChI is InChI=1S/C11H17N3O2/c1-11(2,3)16-10(15)4-9(12)8-5-13-7-14-6-8/h5-7,9H,4,12H2,1-3H3. The minimum absolute atomic E-state index is 0.130. The number of carbonyl (C=O) groups excluding carboxylic acids is 1. The highest BCUT2D eigenvalue weighted by Gasteiger charge is 2.19. The second kappa shape index (κ2) is 5.03. The molecule has 0 radical (unpaired) electrons. The van der Waals surface area contributed by atoms with E-state index in [0.29, 0.717) is 0 Å². The molecule has 88 valence electrons. The molecule has 5 heteroatoms. The van der Waals surface area contributed by atoms with Crippen molar-refractivity contribution in [2.45, 2.75) is 38.8 Å². The number of esters is 1. The van der Waals surface area contributed by atoms with Gasteiger partial charge < -0.3 is 10.5 Å². The maximum absolute atomic E-state index is 11.5. The molecule has 0 saturated carbocycles. The van der Waals surface area contributed by atoms with Crippen LogP contribution < -0.4 is 5.73 Å². The van der Waals surface area contributed by atoms with E-state index in [9.17, 15) is 4.79 Å². The smallest absolute Gasteiger partial charge is 0.308 e. The molecule has 0 fully saturated rings. The Morgan fingerprint density at radius 2 is 2.00 bits per heavy atom. The lowest BCUT2D eigenvalue weighted by Gasteiger charge is -2.20. The largest absolute Gasteiger partial charge is 0.460 e. The van der Waals surface area contributed by atoms with Crippen LogP contribution in [0.2, 0.25) is 0 Å². The fraction of sp³-hybridized carbons (Fsp3) is 0.545. The predicted octanol–water partition coefficient (Wildman–Crippen LogP) is 1.21. The van der Waals surface area contributed by atoms with Gasteiger partial charge in [0.1, 0.15) is 11.9 Å². The number of nitrogens with zero attached hydrogens (tertiary/aromatic N) is 2. The summed E-state index contributed by atoms with van der Waals surface area (Å²) in [6.07, 6.45) is 4.75. The first-order valence-electron chi connectivity index (χ1n) is 5.11. The first-order valence-corrected chi connectivity index (χ1v) is 5.11. The second-order valence-corrected chi connectivity index (χ2v) is 4.57. The topological polar surface area (TPSA) is 78.1 Å². The minimum Gasteiger partial charge on any atom is -0.460 e. The van der Waals surface area contributed by atoms with Crippen LogP contribution in [-0.4, -0.2) is 21.5 Å². The number of hydrogen-bond acceptors (Lipinski definition) is 5. The summed E-state index contributed by atoms with van der Waals surface area (Å²) in [5.74, 6) is -0.316. The summed E-state index contributed by atoms with van der Waals surface area (Å²) < 4.78 is 5.17. The predicted molar refractivity (Wildman–Crippen MR) is 59.4 cm³/mol. The van der Waals surface area contributed by atoms with E-state index in [1.807, 2.05) is 20.8 Å². The number of nitrogens with two attached hydrogens (primary N) is 1. The number of carbonyl (C=O) groups is 1. The maximum Gasteiger partial charge on any atom is 0.308 e. The van der Waals surface area contributed by atoms with E-state index in [1.165, 1.54) is 6.33 Å². The van der Waals surface area contributed by atoms with Gasteiger partial charge in [0.05, 0.1) is 6.42 Å². The number of aromatic nitrogens is 2. The zero-order chi connectivity index (χ0) is 12.2. The Morgan fingerprint density at radius 3 is 2.50 bits per heavy atom. The highest BCUT2D eigenvalue weighted by atomic mass is 16.6. The van der Waals surface area contributed by atoms with Crippen LogP contribution in [0, 0.1) is 0 Å². The third-order valence-corrected chi connectivity index (χ3v) is 1.82. The molecule has 5 nitrogen and oxygen atoms in total. The van der Waals surface area contributed by atoms with Crippen molar-refractivity contribution in [2.24, 2.45) is 5.73 Å². The van der Waals surface area contributed by atoms with Crippen LogP contribution in [0.3, 0.4) is 0 Å². The van der Waals surface area contributed by atoms with Crippen molar-refractivity contribution in [1.82, 2.24) is 9.97 Å². The van der Waals surface area contributed by atoms with Gasteiger partial charge in [-0.3, -0.25) is 4.79 Å². The van der Waals surface area contributed by atoms with E-state index in [1.54, 1.807) is 12.4 Å². The molecule has 1 unspecified atom stereocenters. The summed E-state index contributed by atoms with van der Waals surface area (Å²) in [7, 11) is 0. The fourth-order valence-corrected chi connectivity index (χ4v) is 1.18. The fourth-order valence-electron chi connectivity index (χ4n) is 1.18. The van der Waals surface area contributed by atoms with Gasteiger partial charge in [-0.15, -0.1) is 0 Å². The molecule has 1 aromatic rings. The van der Waals surface area contributed by atoms with E-state index in [-0.39, 0.29) is 12.4 Å². The molecule has 0 aliphatic rings. The maximum atomic E-state index is 11.5. The number of rotatable bonds is 3. The van der Waals surface area contributed by atoms with Gasteiger partial charge in [0.15, 0.2) is 0 Å². The van der Waals surface area contributed by atoms with Crippen molar-refractivity contribution >= 4 is 5.97 Å². The molecule has 1 rings (SSSR count). The van der Waals surface area contributed by atoms with Crippen LogP contribution in [0.4, 0.5) is 0 Å². The molecule has 0 saturated heterocycles. The summed E-state index contributed by atoms with van der Waals surface area (Å²) in [5.41, 5.74) is 6.08. The van der Waals surface area contributed by atoms with Crippen LogP contribution in [0.5, 0.6) is 0 Å². The Kier molecular flexibility index (Phi) is 3.95. The van der Waals surface area contributed by atoms with Gasteiger partial charge >= 0.3 is 5.97 Å². The molecule has 0 bridgehead atoms. The normalized spacial score (nSPS) is 13.2. The first kappa shape index (κ1) is 12.6. The zero-order valence-electron chi connectivity index (χ0n) is 9.80. The summed E-state index contributed by atoms with van der Waals surface area (Å²) >= 11 is 0. The second-order valence-electron chi connectivity index (χ2n) is 4.57. The van der Waals surface area contributed by atoms with E-state index < -0.39 is 11.6 Å². The average molecular weight is 223 g/mol. The third-order valence-electron chi connectivity index (χ3n) is 1.82. The molecule has 1 heterocycles. The Balaban J connectivity index is 2.52. The van der Waals surface area contributed by atoms with Crippen LogP contribution in [-0.2, 0) is 9.53 Å². The Hall–Kier alpha value is -1.49. The van der Waals surface area contributed by atoms with E-state index in [0.717, 1.165) is 5.56 Å². The lowest BCUT2D eigenvalue weighted by atomic mass is 10.1. The van der Waals surface area contributed by atoms with E-state index in [4.69, 9.17) is 10.5 Å². The Labute approximate surface area is 95.0 Å². The van der Waals surface area contributed by atoms with Gasteiger partial charge in [0, 0.05) is 24.0 Å². The van der Waals surface area contributed by atoms with Crippen molar-refractivity contribution in [1.29, 1.82) is 0 Å². The Bertz CT molecular complexity index is 346. The minimum atomic E-state index is -0.482. The highest BCUT2D eigenvalue weighted by molar-refractivity contribution is 5.70. The molecule has 2 N–H and O–H groups in total. The van der Waals surface area contributed by atoms with Crippen molar-refractivity contribution in [3.8, 4) is 0 Å². The molecule has 0 aliphatic heterocycles. The summed E-state index contributed by atoms with van der Waals surface area (Å²) in [6, 6.07) is -0.420. The van der Waals surface area contributed by atoms with E-state index in [2.05, 4.69) is 9.97 Å². The molecular formula is C11H17N3O2. The van der Waals surface area contributed by atoms with Crippen LogP contribution in [0.15, 0.2) is 18.7 Å². The molecule has 0 spiro atoms. The quantitative estimate of drug-likeness (QED) is 0.779.